The summed E-state index contributed by atoms with van der Waals surface area (Å²) in [6.07, 6.45) is 0.247. The Hall–Kier alpha value is -2.40. The first-order chi connectivity index (χ1) is 13.1. The summed E-state index contributed by atoms with van der Waals surface area (Å²) in [6.45, 7) is -0.133. The van der Waals surface area contributed by atoms with Crippen LogP contribution in [0.2, 0.25) is 0 Å². The number of phenols is 1. The van der Waals surface area contributed by atoms with Gasteiger partial charge in [0.1, 0.15) is 5.75 Å². The Balaban J connectivity index is 1.59. The minimum Gasteiger partial charge on any atom is -0.508 e. The van der Waals surface area contributed by atoms with Crippen LogP contribution in [-0.4, -0.2) is 34.1 Å². The minimum atomic E-state index is -0.537. The number of hydrogen-bond donors (Lipinski definition) is 3. The van der Waals surface area contributed by atoms with Gasteiger partial charge < -0.3 is 20.1 Å². The molecule has 1 fully saturated rings. The van der Waals surface area contributed by atoms with E-state index in [1.54, 1.807) is 6.07 Å². The molecule has 3 unspecified atom stereocenters. The van der Waals surface area contributed by atoms with E-state index in [-0.39, 0.29) is 12.4 Å². The molecule has 140 valence electrons. The number of benzene rings is 1. The second-order valence-corrected chi connectivity index (χ2v) is 7.31. The maximum absolute atomic E-state index is 10.3. The Bertz CT molecular complexity index is 860. The topological polar surface area (TPSA) is 69.9 Å². The molecule has 1 heterocycles. The van der Waals surface area contributed by atoms with Gasteiger partial charge in [-0.05, 0) is 40.8 Å². The van der Waals surface area contributed by atoms with Crippen molar-refractivity contribution in [2.24, 2.45) is 0 Å². The first-order valence-electron chi connectivity index (χ1n) is 9.36. The number of aliphatic hydroxyl groups excluding tert-OH is 2. The quantitative estimate of drug-likeness (QED) is 0.661. The molecule has 3 N–H and O–H groups in total. The number of aliphatic hydroxyl groups is 2. The van der Waals surface area contributed by atoms with E-state index < -0.39 is 18.3 Å². The van der Waals surface area contributed by atoms with E-state index in [0.29, 0.717) is 18.4 Å². The van der Waals surface area contributed by atoms with Crippen LogP contribution < -0.4 is 0 Å². The van der Waals surface area contributed by atoms with Gasteiger partial charge in [-0.25, -0.2) is 0 Å². The Labute approximate surface area is 159 Å². The molecule has 3 atom stereocenters. The lowest BCUT2D eigenvalue weighted by atomic mass is 9.93. The molecule has 4 rings (SSSR count). The van der Waals surface area contributed by atoms with Gasteiger partial charge in [0.25, 0.3) is 0 Å². The highest BCUT2D eigenvalue weighted by molar-refractivity contribution is 5.68. The number of ether oxygens (including phenoxy) is 1. The average Bonchev–Trinajstić information content (AvgIpc) is 2.90. The lowest BCUT2D eigenvalue weighted by molar-refractivity contribution is -0.114. The van der Waals surface area contributed by atoms with Gasteiger partial charge in [0.15, 0.2) is 0 Å². The molecule has 0 saturated carbocycles. The number of rotatable bonds is 4. The average molecular weight is 364 g/mol. The normalized spacial score (nSPS) is 22.8. The highest BCUT2D eigenvalue weighted by Gasteiger charge is 2.30. The van der Waals surface area contributed by atoms with Crippen LogP contribution in [-0.2, 0) is 11.2 Å². The zero-order valence-corrected chi connectivity index (χ0v) is 15.1. The summed E-state index contributed by atoms with van der Waals surface area (Å²) in [6, 6.07) is 20.2. The molecular weight excluding hydrogens is 340 g/mol. The second-order valence-electron chi connectivity index (χ2n) is 7.31. The Morgan fingerprint density at radius 1 is 0.889 bits per heavy atom. The Morgan fingerprint density at radius 2 is 1.63 bits per heavy atom. The van der Waals surface area contributed by atoms with Gasteiger partial charge in [-0.2, -0.15) is 0 Å². The molecule has 0 spiro atoms. The third kappa shape index (κ3) is 3.98. The third-order valence-corrected chi connectivity index (χ3v) is 5.22. The predicted octanol–water partition coefficient (Wildman–Crippen LogP) is 3.66. The van der Waals surface area contributed by atoms with E-state index in [1.165, 1.54) is 16.7 Å². The highest BCUT2D eigenvalue weighted by atomic mass is 16.5. The van der Waals surface area contributed by atoms with Gasteiger partial charge in [-0.15, -0.1) is 0 Å². The van der Waals surface area contributed by atoms with Crippen LogP contribution in [0.25, 0.3) is 11.1 Å². The molecule has 27 heavy (non-hydrogen) atoms. The molecule has 1 saturated heterocycles. The van der Waals surface area contributed by atoms with Crippen LogP contribution in [0.1, 0.15) is 35.6 Å². The summed E-state index contributed by atoms with van der Waals surface area (Å²) in [4.78, 5) is 0. The van der Waals surface area contributed by atoms with Gasteiger partial charge in [0.05, 0.1) is 24.9 Å². The molecule has 4 nitrogen and oxygen atoms in total. The molecule has 3 aliphatic rings. The van der Waals surface area contributed by atoms with Crippen molar-refractivity contribution in [2.75, 3.05) is 6.61 Å². The fourth-order valence-electron chi connectivity index (χ4n) is 3.90. The zero-order valence-electron chi connectivity index (χ0n) is 15.1. The van der Waals surface area contributed by atoms with Crippen molar-refractivity contribution in [1.82, 2.24) is 0 Å². The van der Waals surface area contributed by atoms with Crippen molar-refractivity contribution in [2.45, 2.75) is 37.6 Å². The fourth-order valence-corrected chi connectivity index (χ4v) is 3.90. The molecule has 1 aliphatic heterocycles. The van der Waals surface area contributed by atoms with E-state index in [0.717, 1.165) is 12.0 Å². The van der Waals surface area contributed by atoms with Gasteiger partial charge in [0.2, 0.25) is 0 Å². The van der Waals surface area contributed by atoms with Crippen LogP contribution >= 0.6 is 0 Å². The number of phenolic OH excluding ortho intramolecular Hbond substituents is 1. The summed E-state index contributed by atoms with van der Waals surface area (Å²) in [5, 5.41) is 29.8. The van der Waals surface area contributed by atoms with Crippen LogP contribution in [0.5, 0.6) is 5.75 Å². The molecule has 4 heteroatoms. The first kappa shape index (κ1) is 18.0. The van der Waals surface area contributed by atoms with E-state index in [1.807, 2.05) is 30.3 Å². The van der Waals surface area contributed by atoms with Gasteiger partial charge in [-0.3, -0.25) is 0 Å². The highest BCUT2D eigenvalue weighted by Crippen LogP contribution is 2.37. The molecule has 0 amide bonds. The fraction of sp³-hybridized carbons (Fsp3) is 0.304. The summed E-state index contributed by atoms with van der Waals surface area (Å²) in [7, 11) is 0. The minimum absolute atomic E-state index is 0.133. The summed E-state index contributed by atoms with van der Waals surface area (Å²) >= 11 is 0. The van der Waals surface area contributed by atoms with E-state index in [9.17, 15) is 15.3 Å². The first-order valence-corrected chi connectivity index (χ1v) is 9.36. The lowest BCUT2D eigenvalue weighted by Gasteiger charge is -2.33. The molecule has 1 aromatic carbocycles. The van der Waals surface area contributed by atoms with Crippen LogP contribution in [0, 0.1) is 0 Å². The third-order valence-electron chi connectivity index (χ3n) is 5.22. The zero-order chi connectivity index (χ0) is 18.8. The largest absolute Gasteiger partial charge is 0.508 e. The van der Waals surface area contributed by atoms with Crippen molar-refractivity contribution in [3.63, 3.8) is 0 Å². The van der Waals surface area contributed by atoms with Crippen molar-refractivity contribution >= 4 is 0 Å². The molecule has 2 aliphatic carbocycles. The number of fused-ring (bicyclic) bond motifs is 1. The Morgan fingerprint density at radius 3 is 2.33 bits per heavy atom. The standard InChI is InChI=1S/C23H24O4/c24-14-20-12-19(25)13-23(27-20)21-11-15(6-7-22(21)26)8-16-9-17-4-2-1-3-5-18(17)10-16/h1-7,9-11,19-20,23-26H,8,12-14H2. The molecular formula is C23H24O4. The molecule has 1 aromatic rings. The lowest BCUT2D eigenvalue weighted by Crippen LogP contribution is -2.33. The SMILES string of the molecule is OCC1CC(O)CC(c2cc(Cc3cc4cccccc-4c3)ccc2O)O1. The van der Waals surface area contributed by atoms with Gasteiger partial charge >= 0.3 is 0 Å². The van der Waals surface area contributed by atoms with Crippen molar-refractivity contribution in [3.05, 3.63) is 77.4 Å². The van der Waals surface area contributed by atoms with Crippen molar-refractivity contribution < 1.29 is 20.1 Å². The van der Waals surface area contributed by atoms with E-state index in [2.05, 4.69) is 24.3 Å². The molecule has 0 bridgehead atoms. The molecule has 0 aromatic heterocycles. The maximum atomic E-state index is 10.3. The Kier molecular flexibility index (Phi) is 5.12. The van der Waals surface area contributed by atoms with E-state index in [4.69, 9.17) is 4.74 Å². The van der Waals surface area contributed by atoms with Crippen LogP contribution in [0.4, 0.5) is 0 Å². The smallest absolute Gasteiger partial charge is 0.121 e. The summed E-state index contributed by atoms with van der Waals surface area (Å²) < 4.78 is 5.87. The number of aromatic hydroxyl groups is 1. The van der Waals surface area contributed by atoms with Gasteiger partial charge in [-0.1, -0.05) is 48.5 Å². The van der Waals surface area contributed by atoms with Gasteiger partial charge in [0, 0.05) is 18.4 Å². The van der Waals surface area contributed by atoms with Crippen LogP contribution in [0.3, 0.4) is 0 Å². The molecule has 0 radical (unpaired) electrons. The number of hydrogen-bond acceptors (Lipinski definition) is 4. The van der Waals surface area contributed by atoms with Crippen molar-refractivity contribution in [3.8, 4) is 16.9 Å². The summed E-state index contributed by atoms with van der Waals surface area (Å²) in [5.41, 5.74) is 5.38. The van der Waals surface area contributed by atoms with Crippen LogP contribution in [0.15, 0.2) is 60.7 Å². The monoisotopic (exact) mass is 364 g/mol. The maximum Gasteiger partial charge on any atom is 0.121 e. The van der Waals surface area contributed by atoms with Crippen molar-refractivity contribution in [1.29, 1.82) is 0 Å². The predicted molar refractivity (Wildman–Crippen MR) is 104 cm³/mol. The second kappa shape index (κ2) is 7.69. The van der Waals surface area contributed by atoms with E-state index >= 15 is 0 Å². The summed E-state index contributed by atoms with van der Waals surface area (Å²) in [5.74, 6) is 0.161.